The lowest BCUT2D eigenvalue weighted by Crippen LogP contribution is -2.42. The Morgan fingerprint density at radius 2 is 1.85 bits per heavy atom. The number of benzene rings is 1. The van der Waals surface area contributed by atoms with E-state index in [9.17, 15) is 13.2 Å². The van der Waals surface area contributed by atoms with Gasteiger partial charge in [0.05, 0.1) is 21.9 Å². The third-order valence-corrected chi connectivity index (χ3v) is 8.63. The second-order valence-corrected chi connectivity index (χ2v) is 13.0. The van der Waals surface area contributed by atoms with E-state index in [2.05, 4.69) is 31.0 Å². The lowest BCUT2D eigenvalue weighted by atomic mass is 10.0. The molecule has 39 heavy (non-hydrogen) atoms. The first-order valence-electron chi connectivity index (χ1n) is 13.0. The number of fused-ring (bicyclic) bond motifs is 1. The maximum absolute atomic E-state index is 13.0. The number of nitrogens with one attached hydrogen (secondary N) is 3. The van der Waals surface area contributed by atoms with Gasteiger partial charge >= 0.3 is 0 Å². The second kappa shape index (κ2) is 10.7. The average molecular weight is 548 g/mol. The van der Waals surface area contributed by atoms with Crippen molar-refractivity contribution in [1.29, 1.82) is 0 Å². The summed E-state index contributed by atoms with van der Waals surface area (Å²) >= 11 is 0. The van der Waals surface area contributed by atoms with E-state index < -0.39 is 9.84 Å². The Bertz CT molecular complexity index is 1590. The van der Waals surface area contributed by atoms with Gasteiger partial charge < -0.3 is 16.0 Å². The molecule has 0 radical (unpaired) electrons. The van der Waals surface area contributed by atoms with E-state index in [1.54, 1.807) is 34.8 Å². The maximum Gasteiger partial charge on any atom is 0.253 e. The van der Waals surface area contributed by atoms with Gasteiger partial charge in [0.1, 0.15) is 5.82 Å². The molecule has 0 spiro atoms. The summed E-state index contributed by atoms with van der Waals surface area (Å²) in [7, 11) is -3.45. The Labute approximate surface area is 228 Å². The highest BCUT2D eigenvalue weighted by molar-refractivity contribution is 7.91. The quantitative estimate of drug-likeness (QED) is 0.318. The molecule has 1 aromatic carbocycles. The summed E-state index contributed by atoms with van der Waals surface area (Å²) in [4.78, 5) is 21.8. The first-order valence-corrected chi connectivity index (χ1v) is 14.7. The largest absolute Gasteiger partial charge is 0.349 e. The predicted molar refractivity (Wildman–Crippen MR) is 151 cm³/mol. The highest BCUT2D eigenvalue weighted by atomic mass is 32.2. The fourth-order valence-electron chi connectivity index (χ4n) is 4.63. The molecule has 1 saturated heterocycles. The van der Waals surface area contributed by atoms with Gasteiger partial charge in [-0.05, 0) is 67.7 Å². The zero-order valence-corrected chi connectivity index (χ0v) is 23.1. The van der Waals surface area contributed by atoms with Crippen molar-refractivity contribution in [2.45, 2.75) is 44.6 Å². The molecule has 5 rings (SSSR count). The Kier molecular flexibility index (Phi) is 7.37. The van der Waals surface area contributed by atoms with Crippen molar-refractivity contribution in [3.63, 3.8) is 0 Å². The van der Waals surface area contributed by atoms with Crippen molar-refractivity contribution in [3.8, 4) is 11.3 Å². The fraction of sp³-hybridized carbons (Fsp3) is 0.357. The molecule has 1 aliphatic rings. The van der Waals surface area contributed by atoms with E-state index in [0.717, 1.165) is 25.9 Å². The van der Waals surface area contributed by atoms with Crippen molar-refractivity contribution in [2.75, 3.05) is 24.2 Å². The van der Waals surface area contributed by atoms with Crippen LogP contribution in [0, 0.1) is 5.41 Å². The summed E-state index contributed by atoms with van der Waals surface area (Å²) in [5.41, 5.74) is 2.15. The number of aromatic nitrogens is 4. The van der Waals surface area contributed by atoms with Gasteiger partial charge in [0.2, 0.25) is 5.95 Å². The molecule has 3 N–H and O–H groups in total. The van der Waals surface area contributed by atoms with Gasteiger partial charge in [-0.15, -0.1) is 5.10 Å². The Morgan fingerprint density at radius 3 is 2.56 bits per heavy atom. The van der Waals surface area contributed by atoms with E-state index in [4.69, 9.17) is 0 Å². The first kappa shape index (κ1) is 26.8. The molecule has 0 aliphatic carbocycles. The maximum atomic E-state index is 13.0. The molecule has 0 atom stereocenters. The smallest absolute Gasteiger partial charge is 0.253 e. The molecule has 1 aliphatic heterocycles. The van der Waals surface area contributed by atoms with Gasteiger partial charge in [-0.1, -0.05) is 39.0 Å². The number of hydrogen-bond donors (Lipinski definition) is 3. The van der Waals surface area contributed by atoms with Crippen molar-refractivity contribution in [3.05, 3.63) is 66.4 Å². The summed E-state index contributed by atoms with van der Waals surface area (Å²) < 4.78 is 27.6. The zero-order valence-electron chi connectivity index (χ0n) is 22.3. The molecule has 1 fully saturated rings. The number of piperidine rings is 1. The Morgan fingerprint density at radius 1 is 1.08 bits per heavy atom. The highest BCUT2D eigenvalue weighted by Crippen LogP contribution is 2.27. The number of rotatable bonds is 7. The van der Waals surface area contributed by atoms with Crippen LogP contribution in [0.1, 0.15) is 44.0 Å². The van der Waals surface area contributed by atoms with Crippen molar-refractivity contribution < 1.29 is 13.2 Å². The van der Waals surface area contributed by atoms with Crippen molar-refractivity contribution in [1.82, 2.24) is 30.2 Å². The van der Waals surface area contributed by atoms with E-state index in [0.29, 0.717) is 34.2 Å². The molecule has 3 aromatic heterocycles. The summed E-state index contributed by atoms with van der Waals surface area (Å²) in [5.74, 6) is 0.749. The zero-order chi connectivity index (χ0) is 27.6. The van der Waals surface area contributed by atoms with E-state index in [-0.39, 0.29) is 28.0 Å². The van der Waals surface area contributed by atoms with Crippen LogP contribution in [0.25, 0.3) is 16.9 Å². The molecule has 11 heteroatoms. The van der Waals surface area contributed by atoms with E-state index in [1.165, 1.54) is 6.20 Å². The topological polar surface area (TPSA) is 130 Å². The Hall–Kier alpha value is -3.83. The second-order valence-electron chi connectivity index (χ2n) is 11.0. The fourth-order valence-corrected chi connectivity index (χ4v) is 6.53. The number of nitrogens with zero attached hydrogens (tertiary/aromatic N) is 4. The number of carbonyl (C=O) groups is 1. The summed E-state index contributed by atoms with van der Waals surface area (Å²) in [6, 6.07) is 16.1. The molecule has 4 heterocycles. The molecular formula is C28H33N7O3S. The van der Waals surface area contributed by atoms with Gasteiger partial charge in [0.25, 0.3) is 5.91 Å². The molecular weight excluding hydrogens is 514 g/mol. The monoisotopic (exact) mass is 547 g/mol. The number of carbonyl (C=O) groups excluding carboxylic acids is 1. The molecule has 1 amide bonds. The molecule has 0 bridgehead atoms. The minimum atomic E-state index is -3.45. The first-order chi connectivity index (χ1) is 18.6. The summed E-state index contributed by atoms with van der Waals surface area (Å²) in [6.45, 7) is 7.53. The van der Waals surface area contributed by atoms with E-state index >= 15 is 0 Å². The predicted octanol–water partition coefficient (Wildman–Crippen LogP) is 3.84. The van der Waals surface area contributed by atoms with Crippen LogP contribution < -0.4 is 16.0 Å². The number of amides is 1. The van der Waals surface area contributed by atoms with Crippen LogP contribution in [0.15, 0.2) is 65.7 Å². The minimum absolute atomic E-state index is 0.0521. The SMILES string of the molecule is CC(C)(C)CS(=O)(=O)c1cccc(-c2cccc3nc(Nc4ccc(C(=O)NC5CCNCC5)cn4)nn23)c1. The normalized spacial score (nSPS) is 14.8. The molecule has 4 aromatic rings. The Balaban J connectivity index is 1.35. The molecule has 10 nitrogen and oxygen atoms in total. The number of pyridine rings is 2. The number of anilines is 2. The molecule has 204 valence electrons. The van der Waals surface area contributed by atoms with Crippen LogP contribution in [0.4, 0.5) is 11.8 Å². The van der Waals surface area contributed by atoms with Crippen molar-refractivity contribution >= 4 is 33.2 Å². The van der Waals surface area contributed by atoms with E-state index in [1.807, 2.05) is 45.0 Å². The lowest BCUT2D eigenvalue weighted by Gasteiger charge is -2.23. The van der Waals surface area contributed by atoms with Crippen LogP contribution in [0.2, 0.25) is 0 Å². The van der Waals surface area contributed by atoms with Crippen molar-refractivity contribution in [2.24, 2.45) is 5.41 Å². The van der Waals surface area contributed by atoms with Crippen LogP contribution in [-0.4, -0.2) is 58.8 Å². The lowest BCUT2D eigenvalue weighted by molar-refractivity contribution is 0.0929. The number of hydrogen-bond acceptors (Lipinski definition) is 8. The summed E-state index contributed by atoms with van der Waals surface area (Å²) in [5, 5.41) is 14.0. The van der Waals surface area contributed by atoms with Crippen LogP contribution >= 0.6 is 0 Å². The number of sulfone groups is 1. The van der Waals surface area contributed by atoms with Gasteiger partial charge in [-0.3, -0.25) is 4.79 Å². The third-order valence-electron chi connectivity index (χ3n) is 6.41. The minimum Gasteiger partial charge on any atom is -0.349 e. The molecule has 0 saturated carbocycles. The van der Waals surface area contributed by atoms with Gasteiger partial charge in [0.15, 0.2) is 15.5 Å². The highest BCUT2D eigenvalue weighted by Gasteiger charge is 2.24. The van der Waals surface area contributed by atoms with Gasteiger partial charge in [-0.25, -0.2) is 17.9 Å². The third kappa shape index (κ3) is 6.43. The molecule has 0 unspecified atom stereocenters. The standard InChI is InChI=1S/C28H33N7O3S/c1-28(2,3)18-39(37,38)22-7-4-6-19(16-22)23-8-5-9-25-33-27(34-35(23)25)32-24-11-10-20(17-30-24)26(36)31-21-12-14-29-15-13-21/h4-11,16-17,21,29H,12-15,18H2,1-3H3,(H,31,36)(H,30,32,34). The van der Waals surface area contributed by atoms with Crippen LogP contribution in [0.5, 0.6) is 0 Å². The summed E-state index contributed by atoms with van der Waals surface area (Å²) in [6.07, 6.45) is 3.36. The van der Waals surface area contributed by atoms with Crippen LogP contribution in [-0.2, 0) is 9.84 Å². The van der Waals surface area contributed by atoms with Gasteiger partial charge in [0, 0.05) is 17.8 Å². The van der Waals surface area contributed by atoms with Gasteiger partial charge in [-0.2, -0.15) is 4.98 Å². The van der Waals surface area contributed by atoms with Crippen LogP contribution in [0.3, 0.4) is 0 Å². The average Bonchev–Trinajstić information content (AvgIpc) is 3.31.